The van der Waals surface area contributed by atoms with Gasteiger partial charge in [0.05, 0.1) is 12.3 Å². The van der Waals surface area contributed by atoms with Crippen molar-refractivity contribution in [3.8, 4) is 0 Å². The average molecular weight is 221 g/mol. The first-order chi connectivity index (χ1) is 7.76. The van der Waals surface area contributed by atoms with E-state index in [2.05, 4.69) is 28.9 Å². The van der Waals surface area contributed by atoms with Crippen molar-refractivity contribution in [3.05, 3.63) is 17.8 Å². The van der Waals surface area contributed by atoms with Gasteiger partial charge in [-0.05, 0) is 38.3 Å². The second-order valence-corrected chi connectivity index (χ2v) is 4.44. The largest absolute Gasteiger partial charge is 0.390 e. The van der Waals surface area contributed by atoms with Gasteiger partial charge in [-0.25, -0.2) is 0 Å². The maximum Gasteiger partial charge on any atom is 0.151 e. The summed E-state index contributed by atoms with van der Waals surface area (Å²) in [5.41, 5.74) is 0.628. The lowest BCUT2D eigenvalue weighted by Gasteiger charge is -2.28. The van der Waals surface area contributed by atoms with Gasteiger partial charge in [0, 0.05) is 12.1 Å². The van der Waals surface area contributed by atoms with Crippen molar-refractivity contribution >= 4 is 5.82 Å². The Balaban J connectivity index is 2.21. The van der Waals surface area contributed by atoms with E-state index in [-0.39, 0.29) is 6.61 Å². The van der Waals surface area contributed by atoms with E-state index < -0.39 is 0 Å². The van der Waals surface area contributed by atoms with E-state index in [4.69, 9.17) is 5.11 Å². The molecule has 1 N–H and O–H groups in total. The van der Waals surface area contributed by atoms with Gasteiger partial charge in [-0.15, -0.1) is 5.10 Å². The summed E-state index contributed by atoms with van der Waals surface area (Å²) in [5.74, 6) is 0.939. The van der Waals surface area contributed by atoms with E-state index in [1.165, 1.54) is 12.8 Å². The van der Waals surface area contributed by atoms with Gasteiger partial charge in [-0.1, -0.05) is 6.92 Å². The zero-order chi connectivity index (χ0) is 11.5. The predicted octanol–water partition coefficient (Wildman–Crippen LogP) is 1.74. The standard InChI is InChI=1S/C12H19N3O/c1-3-11-6-4-9(2)15(11)12-7-5-10(8-16)13-14-12/h5,7,9,11,16H,3-4,6,8H2,1-2H3. The Kier molecular flexibility index (Phi) is 3.39. The number of anilines is 1. The highest BCUT2D eigenvalue weighted by Gasteiger charge is 2.30. The lowest BCUT2D eigenvalue weighted by atomic mass is 10.1. The maximum atomic E-state index is 8.93. The highest BCUT2D eigenvalue weighted by Crippen LogP contribution is 2.30. The molecular formula is C12H19N3O. The number of aromatic nitrogens is 2. The van der Waals surface area contributed by atoms with Crippen LogP contribution in [0.5, 0.6) is 0 Å². The molecule has 1 saturated heterocycles. The summed E-state index contributed by atoms with van der Waals surface area (Å²) in [4.78, 5) is 2.36. The number of hydrogen-bond acceptors (Lipinski definition) is 4. The lowest BCUT2D eigenvalue weighted by Crippen LogP contribution is -2.34. The van der Waals surface area contributed by atoms with Crippen molar-refractivity contribution in [2.24, 2.45) is 0 Å². The Labute approximate surface area is 96.3 Å². The Hall–Kier alpha value is -1.16. The van der Waals surface area contributed by atoms with E-state index in [0.717, 1.165) is 12.2 Å². The van der Waals surface area contributed by atoms with Crippen LogP contribution in [0.3, 0.4) is 0 Å². The molecule has 0 saturated carbocycles. The Morgan fingerprint density at radius 2 is 2.19 bits per heavy atom. The number of aliphatic hydroxyl groups is 1. The van der Waals surface area contributed by atoms with Gasteiger partial charge in [-0.3, -0.25) is 0 Å². The fourth-order valence-electron chi connectivity index (χ4n) is 2.46. The molecule has 1 aromatic rings. The molecule has 4 heteroatoms. The SMILES string of the molecule is CCC1CCC(C)N1c1ccc(CO)nn1. The van der Waals surface area contributed by atoms with Crippen LogP contribution < -0.4 is 4.90 Å². The summed E-state index contributed by atoms with van der Waals surface area (Å²) < 4.78 is 0. The molecule has 1 aliphatic rings. The number of hydrogen-bond donors (Lipinski definition) is 1. The molecule has 1 aliphatic heterocycles. The summed E-state index contributed by atoms with van der Waals surface area (Å²) in [7, 11) is 0. The third-order valence-electron chi connectivity index (χ3n) is 3.39. The first kappa shape index (κ1) is 11.3. The van der Waals surface area contributed by atoms with E-state index in [0.29, 0.717) is 17.8 Å². The summed E-state index contributed by atoms with van der Waals surface area (Å²) in [6, 6.07) is 4.94. The van der Waals surface area contributed by atoms with Gasteiger partial charge in [-0.2, -0.15) is 5.10 Å². The molecule has 0 spiro atoms. The maximum absolute atomic E-state index is 8.93. The predicted molar refractivity (Wildman–Crippen MR) is 63.2 cm³/mol. The highest BCUT2D eigenvalue weighted by molar-refractivity contribution is 5.41. The molecule has 0 amide bonds. The molecule has 0 aliphatic carbocycles. The van der Waals surface area contributed by atoms with Gasteiger partial charge >= 0.3 is 0 Å². The number of aliphatic hydroxyl groups excluding tert-OH is 1. The molecule has 2 atom stereocenters. The molecule has 2 heterocycles. The fraction of sp³-hybridized carbons (Fsp3) is 0.667. The number of nitrogens with zero attached hydrogens (tertiary/aromatic N) is 3. The second-order valence-electron chi connectivity index (χ2n) is 4.44. The first-order valence-electron chi connectivity index (χ1n) is 5.98. The molecule has 16 heavy (non-hydrogen) atoms. The molecule has 0 radical (unpaired) electrons. The average Bonchev–Trinajstić information content (AvgIpc) is 2.70. The van der Waals surface area contributed by atoms with Gasteiger partial charge in [0.2, 0.25) is 0 Å². The van der Waals surface area contributed by atoms with Crippen molar-refractivity contribution in [1.82, 2.24) is 10.2 Å². The van der Waals surface area contributed by atoms with Crippen LogP contribution in [0.4, 0.5) is 5.82 Å². The molecule has 4 nitrogen and oxygen atoms in total. The Morgan fingerprint density at radius 1 is 1.38 bits per heavy atom. The normalized spacial score (nSPS) is 25.1. The smallest absolute Gasteiger partial charge is 0.151 e. The summed E-state index contributed by atoms with van der Waals surface area (Å²) in [6.07, 6.45) is 3.61. The van der Waals surface area contributed by atoms with E-state index in [9.17, 15) is 0 Å². The number of rotatable bonds is 3. The van der Waals surface area contributed by atoms with Crippen LogP contribution in [0.25, 0.3) is 0 Å². The topological polar surface area (TPSA) is 49.2 Å². The van der Waals surface area contributed by atoms with Gasteiger partial charge in [0.25, 0.3) is 0 Å². The van der Waals surface area contributed by atoms with Crippen LogP contribution in [0.2, 0.25) is 0 Å². The van der Waals surface area contributed by atoms with Crippen molar-refractivity contribution in [2.75, 3.05) is 4.90 Å². The molecular weight excluding hydrogens is 202 g/mol. The zero-order valence-electron chi connectivity index (χ0n) is 9.93. The highest BCUT2D eigenvalue weighted by atomic mass is 16.3. The third-order valence-corrected chi connectivity index (χ3v) is 3.39. The second kappa shape index (κ2) is 4.78. The molecule has 2 unspecified atom stereocenters. The van der Waals surface area contributed by atoms with Crippen molar-refractivity contribution in [3.63, 3.8) is 0 Å². The van der Waals surface area contributed by atoms with E-state index in [1.807, 2.05) is 12.1 Å². The van der Waals surface area contributed by atoms with Crippen LogP contribution in [0, 0.1) is 0 Å². The van der Waals surface area contributed by atoms with E-state index in [1.54, 1.807) is 0 Å². The van der Waals surface area contributed by atoms with Crippen LogP contribution >= 0.6 is 0 Å². The third kappa shape index (κ3) is 2.02. The summed E-state index contributed by atoms with van der Waals surface area (Å²) in [6.45, 7) is 4.41. The van der Waals surface area contributed by atoms with Gasteiger partial charge in [0.15, 0.2) is 5.82 Å². The molecule has 88 valence electrons. The fourth-order valence-corrected chi connectivity index (χ4v) is 2.46. The monoisotopic (exact) mass is 221 g/mol. The lowest BCUT2D eigenvalue weighted by molar-refractivity contribution is 0.275. The summed E-state index contributed by atoms with van der Waals surface area (Å²) >= 11 is 0. The van der Waals surface area contributed by atoms with Crippen LogP contribution in [-0.2, 0) is 6.61 Å². The van der Waals surface area contributed by atoms with E-state index >= 15 is 0 Å². The minimum absolute atomic E-state index is 0.0416. The van der Waals surface area contributed by atoms with Crippen molar-refractivity contribution in [1.29, 1.82) is 0 Å². The Bertz CT molecular complexity index is 339. The minimum atomic E-state index is -0.0416. The van der Waals surface area contributed by atoms with Gasteiger partial charge in [0.1, 0.15) is 0 Å². The molecule has 1 fully saturated rings. The Morgan fingerprint density at radius 3 is 2.75 bits per heavy atom. The van der Waals surface area contributed by atoms with Crippen LogP contribution in [0.15, 0.2) is 12.1 Å². The minimum Gasteiger partial charge on any atom is -0.390 e. The van der Waals surface area contributed by atoms with Crippen molar-refractivity contribution in [2.45, 2.75) is 51.8 Å². The van der Waals surface area contributed by atoms with Gasteiger partial charge < -0.3 is 10.0 Å². The van der Waals surface area contributed by atoms with Crippen LogP contribution in [0.1, 0.15) is 38.8 Å². The summed E-state index contributed by atoms with van der Waals surface area (Å²) in [5, 5.41) is 17.1. The molecule has 1 aromatic heterocycles. The van der Waals surface area contributed by atoms with Crippen LogP contribution in [-0.4, -0.2) is 27.4 Å². The first-order valence-corrected chi connectivity index (χ1v) is 5.98. The quantitative estimate of drug-likeness (QED) is 0.844. The zero-order valence-corrected chi connectivity index (χ0v) is 9.93. The molecule has 0 aromatic carbocycles. The van der Waals surface area contributed by atoms with Crippen molar-refractivity contribution < 1.29 is 5.11 Å². The molecule has 0 bridgehead atoms. The molecule has 2 rings (SSSR count).